The number of hydrogen-bond acceptors (Lipinski definition) is 4. The third kappa shape index (κ3) is 5.61. The summed E-state index contributed by atoms with van der Waals surface area (Å²) in [5.74, 6) is -0.175. The summed E-state index contributed by atoms with van der Waals surface area (Å²) in [7, 11) is 0. The van der Waals surface area contributed by atoms with E-state index < -0.39 is 11.7 Å². The number of carbonyl (C=O) groups is 2. The van der Waals surface area contributed by atoms with E-state index in [1.54, 1.807) is 43.9 Å². The van der Waals surface area contributed by atoms with Crippen molar-refractivity contribution in [3.8, 4) is 0 Å². The molecule has 0 spiro atoms. The smallest absolute Gasteiger partial charge is 0.412 e. The van der Waals surface area contributed by atoms with Gasteiger partial charge in [0.1, 0.15) is 5.60 Å². The molecule has 0 radical (unpaired) electrons. The molecule has 0 bridgehead atoms. The number of amides is 2. The molecule has 1 saturated heterocycles. The third-order valence-electron chi connectivity index (χ3n) is 4.20. The van der Waals surface area contributed by atoms with Crippen molar-refractivity contribution in [2.24, 2.45) is 0 Å². The Morgan fingerprint density at radius 3 is 2.73 bits per heavy atom. The zero-order valence-electron chi connectivity index (χ0n) is 15.5. The molecule has 1 heterocycles. The van der Waals surface area contributed by atoms with E-state index in [9.17, 15) is 14.7 Å². The van der Waals surface area contributed by atoms with Gasteiger partial charge in [-0.05, 0) is 64.7 Å². The maximum Gasteiger partial charge on any atom is 0.412 e. The predicted molar refractivity (Wildman–Crippen MR) is 102 cm³/mol. The fourth-order valence-corrected chi connectivity index (χ4v) is 3.26. The Balaban J connectivity index is 2.25. The van der Waals surface area contributed by atoms with Crippen LogP contribution in [0.2, 0.25) is 5.02 Å². The quantitative estimate of drug-likeness (QED) is 0.822. The number of aliphatic hydroxyl groups excluding tert-OH is 1. The van der Waals surface area contributed by atoms with Gasteiger partial charge in [-0.25, -0.2) is 4.79 Å². The van der Waals surface area contributed by atoms with Gasteiger partial charge in [0.2, 0.25) is 0 Å². The van der Waals surface area contributed by atoms with E-state index >= 15 is 0 Å². The predicted octanol–water partition coefficient (Wildman–Crippen LogP) is 4.06. The van der Waals surface area contributed by atoms with Crippen molar-refractivity contribution in [3.63, 3.8) is 0 Å². The number of aliphatic hydroxyl groups is 1. The number of carbonyl (C=O) groups excluding carboxylic acids is 2. The highest BCUT2D eigenvalue weighted by atomic mass is 35.5. The minimum atomic E-state index is -0.647. The fourth-order valence-electron chi connectivity index (χ4n) is 3.09. The third-order valence-corrected chi connectivity index (χ3v) is 4.43. The molecule has 2 rings (SSSR count). The van der Waals surface area contributed by atoms with Gasteiger partial charge in [0.25, 0.3) is 5.91 Å². The van der Waals surface area contributed by atoms with Gasteiger partial charge in [-0.1, -0.05) is 11.6 Å². The average molecular weight is 383 g/mol. The number of anilines is 1. The van der Waals surface area contributed by atoms with Crippen LogP contribution >= 0.6 is 11.6 Å². The normalized spacial score (nSPS) is 17.7. The van der Waals surface area contributed by atoms with Crippen LogP contribution in [0, 0.1) is 0 Å². The van der Waals surface area contributed by atoms with E-state index in [0.29, 0.717) is 29.2 Å². The van der Waals surface area contributed by atoms with Gasteiger partial charge in [-0.2, -0.15) is 0 Å². The second-order valence-electron chi connectivity index (χ2n) is 7.48. The molecule has 26 heavy (non-hydrogen) atoms. The summed E-state index contributed by atoms with van der Waals surface area (Å²) in [5, 5.41) is 12.3. The molecular formula is C19H27ClN2O4. The number of halogens is 1. The van der Waals surface area contributed by atoms with E-state index in [1.165, 1.54) is 0 Å². The lowest BCUT2D eigenvalue weighted by atomic mass is 9.98. The fraction of sp³-hybridized carbons (Fsp3) is 0.579. The van der Waals surface area contributed by atoms with E-state index in [4.69, 9.17) is 16.3 Å². The number of hydrogen-bond donors (Lipinski definition) is 2. The van der Waals surface area contributed by atoms with Crippen LogP contribution in [0.25, 0.3) is 0 Å². The monoisotopic (exact) mass is 382 g/mol. The van der Waals surface area contributed by atoms with E-state index in [1.807, 2.05) is 0 Å². The zero-order chi connectivity index (χ0) is 19.3. The van der Waals surface area contributed by atoms with Gasteiger partial charge in [0.05, 0.1) is 11.3 Å². The van der Waals surface area contributed by atoms with Gasteiger partial charge < -0.3 is 14.7 Å². The van der Waals surface area contributed by atoms with Crippen LogP contribution in [0.15, 0.2) is 18.2 Å². The summed E-state index contributed by atoms with van der Waals surface area (Å²) < 4.78 is 5.27. The molecule has 1 aromatic carbocycles. The SMILES string of the molecule is CC(C)(C)OC(=O)Nc1cc(Cl)ccc1C(=O)N1CCCCC1CCO. The number of benzene rings is 1. The molecule has 0 aromatic heterocycles. The van der Waals surface area contributed by atoms with Crippen molar-refractivity contribution in [2.45, 2.75) is 58.1 Å². The van der Waals surface area contributed by atoms with Gasteiger partial charge in [-0.15, -0.1) is 0 Å². The number of rotatable bonds is 4. The van der Waals surface area contributed by atoms with Crippen LogP contribution in [0.5, 0.6) is 0 Å². The lowest BCUT2D eigenvalue weighted by molar-refractivity contribution is 0.0575. The molecule has 1 aliphatic rings. The largest absolute Gasteiger partial charge is 0.444 e. The zero-order valence-corrected chi connectivity index (χ0v) is 16.3. The number of piperidine rings is 1. The highest BCUT2D eigenvalue weighted by molar-refractivity contribution is 6.31. The van der Waals surface area contributed by atoms with Crippen LogP contribution in [0.4, 0.5) is 10.5 Å². The second kappa shape index (κ2) is 8.73. The molecule has 1 unspecified atom stereocenters. The van der Waals surface area contributed by atoms with Gasteiger partial charge in [0.15, 0.2) is 0 Å². The molecule has 1 fully saturated rings. The summed E-state index contributed by atoms with van der Waals surface area (Å²) in [5.41, 5.74) is 0.0431. The van der Waals surface area contributed by atoms with Gasteiger partial charge in [0, 0.05) is 24.2 Å². The first-order valence-electron chi connectivity index (χ1n) is 8.92. The molecular weight excluding hydrogens is 356 g/mol. The van der Waals surface area contributed by atoms with Crippen molar-refractivity contribution in [3.05, 3.63) is 28.8 Å². The lowest BCUT2D eigenvalue weighted by Crippen LogP contribution is -2.44. The van der Waals surface area contributed by atoms with Crippen LogP contribution in [-0.4, -0.2) is 46.8 Å². The Hall–Kier alpha value is -1.79. The first-order chi connectivity index (χ1) is 12.2. The van der Waals surface area contributed by atoms with Gasteiger partial charge >= 0.3 is 6.09 Å². The Labute approximate surface area is 159 Å². The first-order valence-corrected chi connectivity index (χ1v) is 9.30. The summed E-state index contributed by atoms with van der Waals surface area (Å²) >= 11 is 6.05. The van der Waals surface area contributed by atoms with Crippen LogP contribution < -0.4 is 5.32 Å². The maximum atomic E-state index is 13.1. The summed E-state index contributed by atoms with van der Waals surface area (Å²) in [6.45, 7) is 5.98. The second-order valence-corrected chi connectivity index (χ2v) is 7.91. The minimum absolute atomic E-state index is 0.00584. The Kier molecular flexibility index (Phi) is 6.89. The Bertz CT molecular complexity index is 655. The molecule has 2 amide bonds. The summed E-state index contributed by atoms with van der Waals surface area (Å²) in [4.78, 5) is 27.0. The number of nitrogens with one attached hydrogen (secondary N) is 1. The Morgan fingerprint density at radius 2 is 2.08 bits per heavy atom. The molecule has 7 heteroatoms. The number of likely N-dealkylation sites (tertiary alicyclic amines) is 1. The summed E-state index contributed by atoms with van der Waals surface area (Å²) in [6, 6.07) is 4.79. The van der Waals surface area contributed by atoms with Crippen LogP contribution in [-0.2, 0) is 4.74 Å². The molecule has 0 aliphatic carbocycles. The van der Waals surface area contributed by atoms with E-state index in [-0.39, 0.29) is 18.6 Å². The van der Waals surface area contributed by atoms with Crippen LogP contribution in [0.1, 0.15) is 56.8 Å². The molecule has 1 atom stereocenters. The minimum Gasteiger partial charge on any atom is -0.444 e. The molecule has 0 saturated carbocycles. The van der Waals surface area contributed by atoms with E-state index in [0.717, 1.165) is 19.3 Å². The van der Waals surface area contributed by atoms with Crippen LogP contribution in [0.3, 0.4) is 0 Å². The lowest BCUT2D eigenvalue weighted by Gasteiger charge is -2.36. The Morgan fingerprint density at radius 1 is 1.35 bits per heavy atom. The molecule has 2 N–H and O–H groups in total. The van der Waals surface area contributed by atoms with Crippen molar-refractivity contribution in [1.29, 1.82) is 0 Å². The first kappa shape index (κ1) is 20.5. The maximum absolute atomic E-state index is 13.1. The van der Waals surface area contributed by atoms with Crippen molar-refractivity contribution in [2.75, 3.05) is 18.5 Å². The van der Waals surface area contributed by atoms with Crippen molar-refractivity contribution >= 4 is 29.3 Å². The standard InChI is InChI=1S/C19H27ClN2O4/c1-19(2,3)26-18(25)21-16-12-13(20)7-8-15(16)17(24)22-10-5-4-6-14(22)9-11-23/h7-8,12,14,23H,4-6,9-11H2,1-3H3,(H,21,25). The van der Waals surface area contributed by atoms with Crippen molar-refractivity contribution in [1.82, 2.24) is 4.90 Å². The van der Waals surface area contributed by atoms with Crippen molar-refractivity contribution < 1.29 is 19.4 Å². The average Bonchev–Trinajstić information content (AvgIpc) is 2.53. The number of ether oxygens (including phenoxy) is 1. The summed E-state index contributed by atoms with van der Waals surface area (Å²) in [6.07, 6.45) is 2.75. The molecule has 144 valence electrons. The highest BCUT2D eigenvalue weighted by Crippen LogP contribution is 2.27. The topological polar surface area (TPSA) is 78.9 Å². The van der Waals surface area contributed by atoms with E-state index in [2.05, 4.69) is 5.32 Å². The molecule has 1 aromatic rings. The number of nitrogens with zero attached hydrogens (tertiary/aromatic N) is 1. The molecule has 6 nitrogen and oxygen atoms in total. The molecule has 1 aliphatic heterocycles. The van der Waals surface area contributed by atoms with Gasteiger partial charge in [-0.3, -0.25) is 10.1 Å². The highest BCUT2D eigenvalue weighted by Gasteiger charge is 2.29.